The van der Waals surface area contributed by atoms with E-state index >= 15 is 0 Å². The Morgan fingerprint density at radius 3 is 2.40 bits per heavy atom. The first kappa shape index (κ1) is 14.4. The van der Waals surface area contributed by atoms with E-state index in [1.54, 1.807) is 0 Å². The van der Waals surface area contributed by atoms with Crippen molar-refractivity contribution in [2.75, 3.05) is 6.61 Å². The van der Waals surface area contributed by atoms with Gasteiger partial charge < -0.3 is 10.5 Å². The summed E-state index contributed by atoms with van der Waals surface area (Å²) in [4.78, 5) is 11.1. The summed E-state index contributed by atoms with van der Waals surface area (Å²) >= 11 is 0. The average Bonchev–Trinajstić information content (AvgIpc) is 2.22. The van der Waals surface area contributed by atoms with Crippen LogP contribution in [0.4, 0.5) is 0 Å². The molecular weight excluding hydrogens is 190 g/mol. The summed E-state index contributed by atoms with van der Waals surface area (Å²) in [6.07, 6.45) is 5.07. The molecule has 0 rings (SSSR count). The van der Waals surface area contributed by atoms with E-state index < -0.39 is 6.10 Å². The van der Waals surface area contributed by atoms with Gasteiger partial charge in [-0.2, -0.15) is 0 Å². The maximum absolute atomic E-state index is 11.1. The summed E-state index contributed by atoms with van der Waals surface area (Å²) in [5, 5.41) is 0. The van der Waals surface area contributed by atoms with Crippen LogP contribution in [0.25, 0.3) is 0 Å². The number of carbonyl (C=O) groups excluding carboxylic acids is 1. The first-order valence-electron chi connectivity index (χ1n) is 6.06. The molecule has 2 N–H and O–H groups in total. The second-order valence-corrected chi connectivity index (χ2v) is 4.00. The number of ether oxygens (including phenoxy) is 1. The minimum absolute atomic E-state index is 0.327. The summed E-state index contributed by atoms with van der Waals surface area (Å²) in [7, 11) is 0. The van der Waals surface area contributed by atoms with Crippen LogP contribution in [0.3, 0.4) is 0 Å². The van der Waals surface area contributed by atoms with E-state index in [9.17, 15) is 4.79 Å². The predicted octanol–water partition coefficient (Wildman–Crippen LogP) is 2.48. The third-order valence-electron chi connectivity index (χ3n) is 2.78. The van der Waals surface area contributed by atoms with Crippen molar-refractivity contribution in [1.29, 1.82) is 0 Å². The number of unbranched alkanes of at least 4 members (excludes halogenated alkanes) is 1. The van der Waals surface area contributed by atoms with Crippen LogP contribution >= 0.6 is 0 Å². The molecule has 0 heterocycles. The molecule has 3 heteroatoms. The van der Waals surface area contributed by atoms with Crippen molar-refractivity contribution in [2.24, 2.45) is 11.7 Å². The normalized spacial score (nSPS) is 14.9. The highest BCUT2D eigenvalue weighted by Crippen LogP contribution is 2.19. The molecule has 15 heavy (non-hydrogen) atoms. The maximum atomic E-state index is 11.1. The number of hydrogen-bond acceptors (Lipinski definition) is 2. The van der Waals surface area contributed by atoms with Crippen molar-refractivity contribution in [3.63, 3.8) is 0 Å². The zero-order valence-electron chi connectivity index (χ0n) is 10.3. The lowest BCUT2D eigenvalue weighted by Gasteiger charge is -2.20. The third-order valence-corrected chi connectivity index (χ3v) is 2.78. The molecule has 3 nitrogen and oxygen atoms in total. The van der Waals surface area contributed by atoms with Crippen molar-refractivity contribution in [3.05, 3.63) is 0 Å². The minimum Gasteiger partial charge on any atom is -0.369 e. The van der Waals surface area contributed by atoms with Crippen LogP contribution in [0.1, 0.15) is 52.9 Å². The lowest BCUT2D eigenvalue weighted by atomic mass is 9.93. The highest BCUT2D eigenvalue weighted by Gasteiger charge is 2.19. The summed E-state index contributed by atoms with van der Waals surface area (Å²) < 4.78 is 5.34. The summed E-state index contributed by atoms with van der Waals surface area (Å²) in [5.41, 5.74) is 5.29. The van der Waals surface area contributed by atoms with Gasteiger partial charge in [0.2, 0.25) is 5.91 Å². The molecule has 2 unspecified atom stereocenters. The number of nitrogens with two attached hydrogens (primary N) is 1. The molecular formula is C12H25NO2. The lowest BCUT2D eigenvalue weighted by Crippen LogP contribution is -2.33. The summed E-state index contributed by atoms with van der Waals surface area (Å²) in [5.74, 6) is 0.237. The van der Waals surface area contributed by atoms with Gasteiger partial charge in [-0.3, -0.25) is 4.79 Å². The van der Waals surface area contributed by atoms with Crippen LogP contribution in [-0.4, -0.2) is 18.6 Å². The Kier molecular flexibility index (Phi) is 8.38. The summed E-state index contributed by atoms with van der Waals surface area (Å²) in [6, 6.07) is 0. The lowest BCUT2D eigenvalue weighted by molar-refractivity contribution is -0.130. The van der Waals surface area contributed by atoms with E-state index in [1.165, 1.54) is 19.3 Å². The molecule has 2 atom stereocenters. The van der Waals surface area contributed by atoms with Crippen LogP contribution in [-0.2, 0) is 9.53 Å². The first-order valence-corrected chi connectivity index (χ1v) is 6.06. The second-order valence-electron chi connectivity index (χ2n) is 4.00. The van der Waals surface area contributed by atoms with E-state index in [2.05, 4.69) is 13.8 Å². The van der Waals surface area contributed by atoms with Gasteiger partial charge in [-0.25, -0.2) is 0 Å². The fraction of sp³-hybridized carbons (Fsp3) is 0.917. The van der Waals surface area contributed by atoms with Crippen molar-refractivity contribution in [3.8, 4) is 0 Å². The van der Waals surface area contributed by atoms with Gasteiger partial charge in [-0.15, -0.1) is 0 Å². The monoisotopic (exact) mass is 215 g/mol. The molecule has 0 bridgehead atoms. The number of amides is 1. The van der Waals surface area contributed by atoms with Crippen molar-refractivity contribution in [1.82, 2.24) is 0 Å². The minimum atomic E-state index is -0.392. The highest BCUT2D eigenvalue weighted by molar-refractivity contribution is 5.78. The Labute approximate surface area is 93.4 Å². The van der Waals surface area contributed by atoms with Gasteiger partial charge in [-0.05, 0) is 19.3 Å². The maximum Gasteiger partial charge on any atom is 0.246 e. The summed E-state index contributed by atoms with van der Waals surface area (Å²) in [6.45, 7) is 6.78. The third kappa shape index (κ3) is 6.50. The van der Waals surface area contributed by atoms with Gasteiger partial charge in [0.25, 0.3) is 0 Å². The van der Waals surface area contributed by atoms with Gasteiger partial charge in [0.15, 0.2) is 0 Å². The quantitative estimate of drug-likeness (QED) is 0.642. The van der Waals surface area contributed by atoms with Crippen LogP contribution in [0, 0.1) is 5.92 Å². The SMILES string of the molecule is CCCCC(CC)CC(OCC)C(N)=O. The smallest absolute Gasteiger partial charge is 0.246 e. The van der Waals surface area contributed by atoms with Gasteiger partial charge in [-0.1, -0.05) is 39.5 Å². The number of carbonyl (C=O) groups is 1. The molecule has 0 fully saturated rings. The molecule has 0 aromatic carbocycles. The number of rotatable bonds is 9. The zero-order chi connectivity index (χ0) is 11.7. The van der Waals surface area contributed by atoms with E-state index in [0.29, 0.717) is 12.5 Å². The van der Waals surface area contributed by atoms with Gasteiger partial charge in [0.05, 0.1) is 0 Å². The Hall–Kier alpha value is -0.570. The van der Waals surface area contributed by atoms with Gasteiger partial charge in [0, 0.05) is 6.61 Å². The fourth-order valence-corrected chi connectivity index (χ4v) is 1.75. The molecule has 0 spiro atoms. The van der Waals surface area contributed by atoms with E-state index in [-0.39, 0.29) is 5.91 Å². The Morgan fingerprint density at radius 1 is 1.33 bits per heavy atom. The number of primary amides is 1. The Balaban J connectivity index is 4.03. The molecule has 1 amide bonds. The fourth-order valence-electron chi connectivity index (χ4n) is 1.75. The van der Waals surface area contributed by atoms with Crippen LogP contribution in [0.15, 0.2) is 0 Å². The van der Waals surface area contributed by atoms with Crippen LogP contribution < -0.4 is 5.73 Å². The first-order chi connectivity index (χ1) is 7.15. The largest absolute Gasteiger partial charge is 0.369 e. The van der Waals surface area contributed by atoms with Gasteiger partial charge >= 0.3 is 0 Å². The molecule has 0 aliphatic rings. The van der Waals surface area contributed by atoms with Crippen LogP contribution in [0.2, 0.25) is 0 Å². The molecule has 90 valence electrons. The highest BCUT2D eigenvalue weighted by atomic mass is 16.5. The molecule has 0 saturated heterocycles. The van der Waals surface area contributed by atoms with E-state index in [4.69, 9.17) is 10.5 Å². The van der Waals surface area contributed by atoms with Crippen LogP contribution in [0.5, 0.6) is 0 Å². The van der Waals surface area contributed by atoms with Crippen molar-refractivity contribution < 1.29 is 9.53 Å². The van der Waals surface area contributed by atoms with E-state index in [0.717, 1.165) is 12.8 Å². The molecule has 0 radical (unpaired) electrons. The van der Waals surface area contributed by atoms with Gasteiger partial charge in [0.1, 0.15) is 6.10 Å². The predicted molar refractivity (Wildman–Crippen MR) is 62.5 cm³/mol. The Morgan fingerprint density at radius 2 is 2.00 bits per heavy atom. The number of hydrogen-bond donors (Lipinski definition) is 1. The average molecular weight is 215 g/mol. The molecule has 0 saturated carbocycles. The van der Waals surface area contributed by atoms with Crippen molar-refractivity contribution in [2.45, 2.75) is 59.0 Å². The molecule has 0 aliphatic carbocycles. The van der Waals surface area contributed by atoms with Crippen molar-refractivity contribution >= 4 is 5.91 Å². The zero-order valence-corrected chi connectivity index (χ0v) is 10.3. The molecule has 0 aromatic heterocycles. The molecule has 0 aromatic rings. The topological polar surface area (TPSA) is 52.3 Å². The standard InChI is InChI=1S/C12H25NO2/c1-4-7-8-10(5-2)9-11(12(13)14)15-6-3/h10-11H,4-9H2,1-3H3,(H2,13,14). The van der Waals surface area contributed by atoms with E-state index in [1.807, 2.05) is 6.92 Å². The Bertz CT molecular complexity index is 171. The molecule has 0 aliphatic heterocycles. The second kappa shape index (κ2) is 8.72.